The van der Waals surface area contributed by atoms with Gasteiger partial charge in [-0.05, 0) is 63.4 Å². The zero-order chi connectivity index (χ0) is 31.3. The zero-order valence-corrected chi connectivity index (χ0v) is 25.9. The van der Waals surface area contributed by atoms with Crippen LogP contribution in [0.15, 0.2) is 29.1 Å². The van der Waals surface area contributed by atoms with Crippen molar-refractivity contribution in [3.63, 3.8) is 0 Å². The van der Waals surface area contributed by atoms with E-state index in [1.54, 1.807) is 56.5 Å². The second kappa shape index (κ2) is 11.5. The molecule has 2 aliphatic heterocycles. The van der Waals surface area contributed by atoms with Crippen LogP contribution in [0.2, 0.25) is 0 Å². The fraction of sp³-hybridized carbons (Fsp3) is 0.467. The average molecular weight is 614 g/mol. The van der Waals surface area contributed by atoms with Gasteiger partial charge in [0.1, 0.15) is 24.7 Å². The Morgan fingerprint density at radius 3 is 2.60 bits per heavy atom. The number of aromatic nitrogens is 2. The largest absolute Gasteiger partial charge is 0.462 e. The molecule has 2 N–H and O–H groups in total. The first kappa shape index (κ1) is 30.9. The van der Waals surface area contributed by atoms with Gasteiger partial charge in [-0.25, -0.2) is 14.9 Å². The lowest BCUT2D eigenvalue weighted by Gasteiger charge is -2.31. The van der Waals surface area contributed by atoms with E-state index >= 15 is 0 Å². The van der Waals surface area contributed by atoms with Gasteiger partial charge in [-0.1, -0.05) is 13.8 Å². The standard InChI is InChI=1S/C30H36N3O9P/c1-7-19-20-11-18(42-43(38,15-39-6)32-17(5)28(35)41-16(3)4)9-10-24(20)31-26-21(19)13-33-25(26)12-23-22(27(33)34)14-40-29(36)30(23,37)8-2/h9-12,16-17,37H,7-8,13-15H2,1-6H3,(H,32,38)/t17-,30-,43?/m0/s1. The lowest BCUT2D eigenvalue weighted by Crippen LogP contribution is -2.44. The van der Waals surface area contributed by atoms with Gasteiger partial charge >= 0.3 is 19.5 Å². The van der Waals surface area contributed by atoms with Crippen LogP contribution in [0, 0.1) is 0 Å². The third-order valence-electron chi connectivity index (χ3n) is 7.78. The fourth-order valence-electron chi connectivity index (χ4n) is 5.71. The maximum absolute atomic E-state index is 13.7. The Bertz CT molecular complexity index is 1730. The molecule has 3 atom stereocenters. The highest BCUT2D eigenvalue weighted by Gasteiger charge is 2.45. The predicted octanol–water partition coefficient (Wildman–Crippen LogP) is 3.75. The lowest BCUT2D eigenvalue weighted by atomic mass is 9.86. The van der Waals surface area contributed by atoms with Gasteiger partial charge < -0.3 is 28.4 Å². The van der Waals surface area contributed by atoms with Crippen molar-refractivity contribution < 1.29 is 38.0 Å². The van der Waals surface area contributed by atoms with Gasteiger partial charge in [0, 0.05) is 23.6 Å². The predicted molar refractivity (Wildman–Crippen MR) is 158 cm³/mol. The number of aryl methyl sites for hydroxylation is 1. The van der Waals surface area contributed by atoms with Crippen LogP contribution < -0.4 is 15.2 Å². The Kier molecular flexibility index (Phi) is 8.26. The SMILES string of the molecule is CCc1c2c(nc3ccc(OP(=O)(COC)N[C@@H](C)C(=O)OC(C)C)cc13)-c1cc3c(c(=O)n1C2)COC(=O)[C@]3(O)CC. The Morgan fingerprint density at radius 1 is 1.21 bits per heavy atom. The highest BCUT2D eigenvalue weighted by Crippen LogP contribution is 2.45. The van der Waals surface area contributed by atoms with Gasteiger partial charge in [0.05, 0.1) is 35.1 Å². The third-order valence-corrected chi connectivity index (χ3v) is 9.66. The number of fused-ring (bicyclic) bond motifs is 5. The van der Waals surface area contributed by atoms with Crippen LogP contribution in [-0.4, -0.2) is 52.2 Å². The van der Waals surface area contributed by atoms with E-state index in [-0.39, 0.29) is 54.5 Å². The molecule has 1 aromatic carbocycles. The van der Waals surface area contributed by atoms with Gasteiger partial charge in [0.2, 0.25) is 0 Å². The van der Waals surface area contributed by atoms with E-state index in [0.717, 1.165) is 16.5 Å². The minimum absolute atomic E-state index is 0.0577. The topological polar surface area (TPSA) is 155 Å². The maximum atomic E-state index is 13.7. The van der Waals surface area contributed by atoms with Gasteiger partial charge in [0.25, 0.3) is 5.56 Å². The quantitative estimate of drug-likeness (QED) is 0.198. The summed E-state index contributed by atoms with van der Waals surface area (Å²) in [6, 6.07) is 5.87. The average Bonchev–Trinajstić information content (AvgIpc) is 3.32. The van der Waals surface area contributed by atoms with E-state index in [9.17, 15) is 24.1 Å². The number of esters is 2. The van der Waals surface area contributed by atoms with Crippen molar-refractivity contribution >= 4 is 30.4 Å². The van der Waals surface area contributed by atoms with E-state index in [1.807, 2.05) is 6.92 Å². The normalized spacial score (nSPS) is 19.3. The van der Waals surface area contributed by atoms with E-state index in [2.05, 4.69) is 5.09 Å². The first-order valence-electron chi connectivity index (χ1n) is 14.2. The van der Waals surface area contributed by atoms with E-state index < -0.39 is 31.1 Å². The van der Waals surface area contributed by atoms with Crippen molar-refractivity contribution in [2.45, 2.75) is 78.4 Å². The summed E-state index contributed by atoms with van der Waals surface area (Å²) in [6.07, 6.45) is 0.0389. The molecular weight excluding hydrogens is 577 g/mol. The van der Waals surface area contributed by atoms with Crippen LogP contribution in [-0.2, 0) is 53.5 Å². The van der Waals surface area contributed by atoms with Gasteiger partial charge in [0.15, 0.2) is 5.60 Å². The van der Waals surface area contributed by atoms with Crippen LogP contribution in [0.1, 0.15) is 63.3 Å². The van der Waals surface area contributed by atoms with Crippen molar-refractivity contribution in [1.29, 1.82) is 0 Å². The summed E-state index contributed by atoms with van der Waals surface area (Å²) in [5, 5.41) is 14.6. The van der Waals surface area contributed by atoms with Crippen molar-refractivity contribution in [3.8, 4) is 17.1 Å². The molecule has 2 aromatic heterocycles. The summed E-state index contributed by atoms with van der Waals surface area (Å²) in [5.41, 5.74) is 1.77. The molecule has 5 rings (SSSR count). The third kappa shape index (κ3) is 5.37. The highest BCUT2D eigenvalue weighted by molar-refractivity contribution is 7.57. The number of cyclic esters (lactones) is 1. The number of nitrogens with zero attached hydrogens (tertiary/aromatic N) is 2. The molecule has 13 heteroatoms. The molecule has 0 bridgehead atoms. The fourth-order valence-corrected chi connectivity index (χ4v) is 7.38. The van der Waals surface area contributed by atoms with Crippen molar-refractivity contribution in [2.24, 2.45) is 0 Å². The second-order valence-corrected chi connectivity index (χ2v) is 13.1. The smallest absolute Gasteiger partial charge is 0.343 e. The molecule has 230 valence electrons. The van der Waals surface area contributed by atoms with Crippen LogP contribution in [0.4, 0.5) is 0 Å². The molecule has 2 aliphatic rings. The molecule has 0 radical (unpaired) electrons. The van der Waals surface area contributed by atoms with Crippen LogP contribution in [0.25, 0.3) is 22.3 Å². The molecule has 12 nitrogen and oxygen atoms in total. The Labute approximate surface area is 248 Å². The summed E-state index contributed by atoms with van der Waals surface area (Å²) < 4.78 is 36.8. The minimum Gasteiger partial charge on any atom is -0.462 e. The van der Waals surface area contributed by atoms with Gasteiger partial charge in [-0.2, -0.15) is 0 Å². The zero-order valence-electron chi connectivity index (χ0n) is 25.1. The number of hydrogen-bond acceptors (Lipinski definition) is 10. The number of benzene rings is 1. The number of hydrogen-bond donors (Lipinski definition) is 2. The molecule has 0 amide bonds. The molecule has 0 aliphatic carbocycles. The number of carbonyl (C=O) groups excluding carboxylic acids is 2. The van der Waals surface area contributed by atoms with E-state index in [1.165, 1.54) is 7.11 Å². The minimum atomic E-state index is -3.70. The summed E-state index contributed by atoms with van der Waals surface area (Å²) in [4.78, 5) is 43.3. The van der Waals surface area contributed by atoms with Gasteiger partial charge in [-0.3, -0.25) is 14.2 Å². The molecule has 0 saturated heterocycles. The number of pyridine rings is 2. The number of nitrogens with one attached hydrogen (secondary N) is 1. The number of aliphatic hydroxyl groups is 1. The van der Waals surface area contributed by atoms with Crippen LogP contribution >= 0.6 is 7.52 Å². The number of carbonyl (C=O) groups is 2. The molecule has 4 heterocycles. The summed E-state index contributed by atoms with van der Waals surface area (Å²) in [5.74, 6) is -1.05. The molecule has 0 saturated carbocycles. The first-order chi connectivity index (χ1) is 20.4. The van der Waals surface area contributed by atoms with Crippen LogP contribution in [0.3, 0.4) is 0 Å². The molecule has 1 unspecified atom stereocenters. The van der Waals surface area contributed by atoms with E-state index in [4.69, 9.17) is 23.7 Å². The lowest BCUT2D eigenvalue weighted by molar-refractivity contribution is -0.172. The maximum Gasteiger partial charge on any atom is 0.343 e. The summed E-state index contributed by atoms with van der Waals surface area (Å²) in [6.45, 7) is 8.70. The van der Waals surface area contributed by atoms with Gasteiger partial charge in [-0.15, -0.1) is 0 Å². The highest BCUT2D eigenvalue weighted by atomic mass is 31.2. The monoisotopic (exact) mass is 613 g/mol. The Balaban J connectivity index is 1.55. The molecule has 3 aromatic rings. The molecule has 43 heavy (non-hydrogen) atoms. The summed E-state index contributed by atoms with van der Waals surface area (Å²) in [7, 11) is -2.31. The van der Waals surface area contributed by atoms with E-state index in [0.29, 0.717) is 23.3 Å². The second-order valence-electron chi connectivity index (χ2n) is 11.1. The van der Waals surface area contributed by atoms with Crippen molar-refractivity contribution in [1.82, 2.24) is 14.6 Å². The number of ether oxygens (including phenoxy) is 3. The summed E-state index contributed by atoms with van der Waals surface area (Å²) >= 11 is 0. The first-order valence-corrected chi connectivity index (χ1v) is 16.0. The van der Waals surface area contributed by atoms with Crippen LogP contribution in [0.5, 0.6) is 5.75 Å². The van der Waals surface area contributed by atoms with Crippen molar-refractivity contribution in [3.05, 3.63) is 56.9 Å². The molecular formula is C30H36N3O9P. The molecule has 0 spiro atoms. The number of methoxy groups -OCH3 is 1. The number of rotatable bonds is 10. The molecule has 0 fully saturated rings. The Morgan fingerprint density at radius 2 is 1.95 bits per heavy atom. The van der Waals surface area contributed by atoms with Crippen molar-refractivity contribution in [2.75, 3.05) is 13.5 Å². The Hall–Kier alpha value is -3.57.